The molecule has 0 aliphatic heterocycles. The number of aliphatic hydroxyl groups is 1. The minimum absolute atomic E-state index is 0.219. The zero-order valence-corrected chi connectivity index (χ0v) is 9.45. The highest BCUT2D eigenvalue weighted by atomic mass is 19.1. The van der Waals surface area contributed by atoms with Crippen molar-refractivity contribution < 1.29 is 14.2 Å². The van der Waals surface area contributed by atoms with Crippen molar-refractivity contribution in [3.8, 4) is 0 Å². The summed E-state index contributed by atoms with van der Waals surface area (Å²) in [6.07, 6.45) is 2.84. The number of hydrogen-bond acceptors (Lipinski definition) is 2. The molecule has 1 N–H and O–H groups in total. The van der Waals surface area contributed by atoms with Crippen LogP contribution in [0.25, 0.3) is 0 Å². The van der Waals surface area contributed by atoms with Crippen LogP contribution in [0.4, 0.5) is 4.39 Å². The maximum atomic E-state index is 12.9. The molecule has 3 heteroatoms. The van der Waals surface area contributed by atoms with E-state index in [1.54, 1.807) is 19.2 Å². The minimum atomic E-state index is -0.340. The summed E-state index contributed by atoms with van der Waals surface area (Å²) in [5.74, 6) is -0.231. The van der Waals surface area contributed by atoms with Crippen LogP contribution < -0.4 is 0 Å². The van der Waals surface area contributed by atoms with Crippen LogP contribution in [0.15, 0.2) is 24.3 Å². The predicted molar refractivity (Wildman–Crippen MR) is 59.6 cm³/mol. The molecule has 16 heavy (non-hydrogen) atoms. The second-order valence-electron chi connectivity index (χ2n) is 4.44. The third kappa shape index (κ3) is 2.11. The summed E-state index contributed by atoms with van der Waals surface area (Å²) in [6.45, 7) is 0. The third-order valence-corrected chi connectivity index (χ3v) is 3.52. The molecule has 1 fully saturated rings. The van der Waals surface area contributed by atoms with Gasteiger partial charge in [0, 0.05) is 7.11 Å². The van der Waals surface area contributed by atoms with E-state index in [0.29, 0.717) is 0 Å². The van der Waals surface area contributed by atoms with Crippen LogP contribution in [-0.2, 0) is 10.3 Å². The lowest BCUT2D eigenvalue weighted by atomic mass is 9.78. The minimum Gasteiger partial charge on any atom is -0.393 e. The third-order valence-electron chi connectivity index (χ3n) is 3.52. The van der Waals surface area contributed by atoms with Gasteiger partial charge in [0.15, 0.2) is 0 Å². The molecule has 1 saturated carbocycles. The number of benzene rings is 1. The summed E-state index contributed by atoms with van der Waals surface area (Å²) in [5, 5.41) is 9.51. The lowest BCUT2D eigenvalue weighted by Gasteiger charge is -2.38. The Balaban J connectivity index is 2.24. The van der Waals surface area contributed by atoms with Crippen molar-refractivity contribution in [3.05, 3.63) is 35.6 Å². The molecule has 1 aromatic carbocycles. The van der Waals surface area contributed by atoms with Gasteiger partial charge in [-0.15, -0.1) is 0 Å². The van der Waals surface area contributed by atoms with Gasteiger partial charge in [0.1, 0.15) is 5.82 Å². The van der Waals surface area contributed by atoms with Crippen molar-refractivity contribution in [2.45, 2.75) is 37.4 Å². The van der Waals surface area contributed by atoms with Crippen LogP contribution in [-0.4, -0.2) is 18.3 Å². The highest BCUT2D eigenvalue weighted by molar-refractivity contribution is 5.24. The van der Waals surface area contributed by atoms with Crippen LogP contribution >= 0.6 is 0 Å². The Morgan fingerprint density at radius 1 is 1.25 bits per heavy atom. The van der Waals surface area contributed by atoms with E-state index < -0.39 is 0 Å². The Morgan fingerprint density at radius 2 is 1.81 bits per heavy atom. The summed E-state index contributed by atoms with van der Waals surface area (Å²) < 4.78 is 18.5. The summed E-state index contributed by atoms with van der Waals surface area (Å²) >= 11 is 0. The number of rotatable bonds is 2. The molecule has 0 amide bonds. The highest BCUT2D eigenvalue weighted by Gasteiger charge is 2.36. The Bertz CT molecular complexity index is 339. The summed E-state index contributed by atoms with van der Waals surface area (Å²) in [5.41, 5.74) is 0.663. The maximum Gasteiger partial charge on any atom is 0.123 e. The molecule has 0 saturated heterocycles. The number of hydrogen-bond donors (Lipinski definition) is 1. The van der Waals surface area contributed by atoms with Crippen LogP contribution in [0.5, 0.6) is 0 Å². The van der Waals surface area contributed by atoms with Gasteiger partial charge in [-0.25, -0.2) is 4.39 Å². The first kappa shape index (κ1) is 11.6. The largest absolute Gasteiger partial charge is 0.393 e. The summed E-state index contributed by atoms with van der Waals surface area (Å²) in [4.78, 5) is 0. The Morgan fingerprint density at radius 3 is 2.31 bits per heavy atom. The molecule has 0 radical (unpaired) electrons. The average Bonchev–Trinajstić information content (AvgIpc) is 2.32. The average molecular weight is 224 g/mol. The van der Waals surface area contributed by atoms with Gasteiger partial charge >= 0.3 is 0 Å². The molecule has 88 valence electrons. The van der Waals surface area contributed by atoms with Crippen molar-refractivity contribution in [1.29, 1.82) is 0 Å². The van der Waals surface area contributed by atoms with Gasteiger partial charge in [-0.2, -0.15) is 0 Å². The molecule has 0 bridgehead atoms. The first-order valence-corrected chi connectivity index (χ1v) is 5.65. The fraction of sp³-hybridized carbons (Fsp3) is 0.538. The Hall–Kier alpha value is -0.930. The van der Waals surface area contributed by atoms with Gasteiger partial charge < -0.3 is 9.84 Å². The second-order valence-corrected chi connectivity index (χ2v) is 4.44. The Kier molecular flexibility index (Phi) is 3.26. The number of aliphatic hydroxyl groups excluding tert-OH is 1. The molecule has 1 aromatic rings. The molecule has 2 nitrogen and oxygen atoms in total. The second kappa shape index (κ2) is 4.52. The van der Waals surface area contributed by atoms with E-state index in [2.05, 4.69) is 0 Å². The van der Waals surface area contributed by atoms with Crippen LogP contribution in [0.3, 0.4) is 0 Å². The van der Waals surface area contributed by atoms with Crippen molar-refractivity contribution >= 4 is 0 Å². The highest BCUT2D eigenvalue weighted by Crippen LogP contribution is 2.39. The van der Waals surface area contributed by atoms with Crippen molar-refractivity contribution in [2.24, 2.45) is 0 Å². The van der Waals surface area contributed by atoms with Crippen LogP contribution in [0.2, 0.25) is 0 Å². The van der Waals surface area contributed by atoms with Crippen LogP contribution in [0, 0.1) is 5.82 Å². The molecule has 0 aromatic heterocycles. The van der Waals surface area contributed by atoms with Gasteiger partial charge in [0.2, 0.25) is 0 Å². The topological polar surface area (TPSA) is 29.5 Å². The van der Waals surface area contributed by atoms with E-state index >= 15 is 0 Å². The molecular weight excluding hydrogens is 207 g/mol. The summed E-state index contributed by atoms with van der Waals surface area (Å²) in [6, 6.07) is 6.47. The van der Waals surface area contributed by atoms with Crippen molar-refractivity contribution in [2.75, 3.05) is 7.11 Å². The predicted octanol–water partition coefficient (Wildman–Crippen LogP) is 2.60. The molecule has 0 heterocycles. The van der Waals surface area contributed by atoms with Gasteiger partial charge in [0.25, 0.3) is 0 Å². The first-order valence-electron chi connectivity index (χ1n) is 5.65. The first-order chi connectivity index (χ1) is 7.66. The van der Waals surface area contributed by atoms with E-state index in [9.17, 15) is 9.50 Å². The number of halogens is 1. The van der Waals surface area contributed by atoms with Gasteiger partial charge in [0.05, 0.1) is 11.7 Å². The molecule has 0 unspecified atom stereocenters. The molecular formula is C13H17FO2. The lowest BCUT2D eigenvalue weighted by Crippen LogP contribution is -2.35. The molecule has 0 spiro atoms. The zero-order valence-electron chi connectivity index (χ0n) is 9.45. The van der Waals surface area contributed by atoms with Crippen molar-refractivity contribution in [3.63, 3.8) is 0 Å². The van der Waals surface area contributed by atoms with Gasteiger partial charge in [-0.05, 0) is 43.4 Å². The van der Waals surface area contributed by atoms with Gasteiger partial charge in [-0.1, -0.05) is 12.1 Å². The quantitative estimate of drug-likeness (QED) is 0.836. The number of ether oxygens (including phenoxy) is 1. The molecule has 2 rings (SSSR count). The fourth-order valence-corrected chi connectivity index (χ4v) is 2.43. The fourth-order valence-electron chi connectivity index (χ4n) is 2.43. The van der Waals surface area contributed by atoms with E-state index in [1.165, 1.54) is 12.1 Å². The zero-order chi connectivity index (χ0) is 11.6. The van der Waals surface area contributed by atoms with Crippen molar-refractivity contribution in [1.82, 2.24) is 0 Å². The number of methoxy groups -OCH3 is 1. The maximum absolute atomic E-state index is 12.9. The Labute approximate surface area is 95.1 Å². The lowest BCUT2D eigenvalue weighted by molar-refractivity contribution is -0.0690. The monoisotopic (exact) mass is 224 g/mol. The van der Waals surface area contributed by atoms with E-state index in [4.69, 9.17) is 4.74 Å². The SMILES string of the molecule is CO[C@]1(c2ccc(F)cc2)CC[C@@H](O)CC1. The molecule has 1 aliphatic carbocycles. The van der Waals surface area contributed by atoms with E-state index in [0.717, 1.165) is 31.2 Å². The van der Waals surface area contributed by atoms with E-state index in [1.807, 2.05) is 0 Å². The van der Waals surface area contributed by atoms with E-state index in [-0.39, 0.29) is 17.5 Å². The van der Waals surface area contributed by atoms with Gasteiger partial charge in [-0.3, -0.25) is 0 Å². The summed E-state index contributed by atoms with van der Waals surface area (Å²) in [7, 11) is 1.68. The normalized spacial score (nSPS) is 30.3. The standard InChI is InChI=1S/C13H17FO2/c1-16-13(8-6-12(15)7-9-13)10-2-4-11(14)5-3-10/h2-5,12,15H,6-9H2,1H3/t12-,13-. The van der Waals surface area contributed by atoms with Crippen LogP contribution in [0.1, 0.15) is 31.2 Å². The molecule has 0 atom stereocenters. The molecule has 1 aliphatic rings. The smallest absolute Gasteiger partial charge is 0.123 e.